The third-order valence-electron chi connectivity index (χ3n) is 3.77. The molecule has 136 valence electrons. The number of imide groups is 1. The average Bonchev–Trinajstić information content (AvgIpc) is 3.17. The van der Waals surface area contributed by atoms with Gasteiger partial charge in [-0.2, -0.15) is 0 Å². The molecule has 0 aliphatic carbocycles. The van der Waals surface area contributed by atoms with Gasteiger partial charge < -0.3 is 5.32 Å². The largest absolute Gasteiger partial charge is 0.323 e. The summed E-state index contributed by atoms with van der Waals surface area (Å²) in [4.78, 5) is 36.2. The summed E-state index contributed by atoms with van der Waals surface area (Å²) in [6.07, 6.45) is 0.168. The average molecular weight is 413 g/mol. The molecule has 26 heavy (non-hydrogen) atoms. The number of benzene rings is 1. The minimum atomic E-state index is -3.85. The van der Waals surface area contributed by atoms with Crippen LogP contribution in [-0.4, -0.2) is 37.6 Å². The normalized spacial score (nSPS) is 14.7. The molecule has 2 heterocycles. The molecule has 1 aromatic heterocycles. The van der Waals surface area contributed by atoms with E-state index < -0.39 is 34.1 Å². The Morgan fingerprint density at radius 1 is 1.12 bits per heavy atom. The van der Waals surface area contributed by atoms with Gasteiger partial charge in [-0.1, -0.05) is 11.6 Å². The number of carbonyl (C=O) groups excluding carboxylic acids is 3. The van der Waals surface area contributed by atoms with Crippen LogP contribution in [0.4, 0.5) is 5.69 Å². The zero-order valence-electron chi connectivity index (χ0n) is 13.3. The lowest BCUT2D eigenvalue weighted by atomic mass is 10.4. The topological polar surface area (TPSA) is 101 Å². The number of thiophene rings is 1. The van der Waals surface area contributed by atoms with Crippen LogP contribution in [0.3, 0.4) is 0 Å². The third kappa shape index (κ3) is 3.64. The highest BCUT2D eigenvalue weighted by Gasteiger charge is 2.31. The number of halogens is 1. The first-order valence-corrected chi connectivity index (χ1v) is 10.3. The number of hydrogen-bond donors (Lipinski definition) is 1. The predicted molar refractivity (Wildman–Crippen MR) is 95.8 cm³/mol. The second-order valence-corrected chi connectivity index (χ2v) is 8.63. The highest BCUT2D eigenvalue weighted by atomic mass is 35.5. The molecule has 1 N–H and O–H groups in total. The zero-order chi connectivity index (χ0) is 18.9. The first kappa shape index (κ1) is 18.6. The SMILES string of the molecule is O=C(CN1C(=O)CCC1=O)Nc1cscc1S(=O)(=O)c1ccc(Cl)cc1. The van der Waals surface area contributed by atoms with Gasteiger partial charge in [-0.3, -0.25) is 19.3 Å². The van der Waals surface area contributed by atoms with Crippen molar-refractivity contribution in [3.63, 3.8) is 0 Å². The second kappa shape index (κ2) is 7.18. The molecule has 1 fully saturated rings. The summed E-state index contributed by atoms with van der Waals surface area (Å²) < 4.78 is 25.5. The first-order chi connectivity index (χ1) is 12.3. The van der Waals surface area contributed by atoms with Crippen molar-refractivity contribution in [3.8, 4) is 0 Å². The zero-order valence-corrected chi connectivity index (χ0v) is 15.7. The Bertz CT molecular complexity index is 966. The summed E-state index contributed by atoms with van der Waals surface area (Å²) in [5.41, 5.74) is 0.106. The molecule has 0 radical (unpaired) electrons. The molecule has 0 saturated carbocycles. The summed E-state index contributed by atoms with van der Waals surface area (Å²) in [6.45, 7) is -0.437. The third-order valence-corrected chi connectivity index (χ3v) is 6.72. The van der Waals surface area contributed by atoms with E-state index in [1.807, 2.05) is 0 Å². The molecule has 1 aromatic carbocycles. The first-order valence-electron chi connectivity index (χ1n) is 7.49. The molecule has 3 amide bonds. The van der Waals surface area contributed by atoms with Crippen LogP contribution in [0.15, 0.2) is 44.8 Å². The van der Waals surface area contributed by atoms with Crippen LogP contribution in [0.2, 0.25) is 5.02 Å². The van der Waals surface area contributed by atoms with Crippen LogP contribution >= 0.6 is 22.9 Å². The summed E-state index contributed by atoms with van der Waals surface area (Å²) in [5, 5.41) is 5.76. The van der Waals surface area contributed by atoms with Crippen molar-refractivity contribution in [3.05, 3.63) is 40.0 Å². The lowest BCUT2D eigenvalue weighted by molar-refractivity contribution is -0.141. The summed E-state index contributed by atoms with van der Waals surface area (Å²) in [6, 6.07) is 5.68. The highest BCUT2D eigenvalue weighted by molar-refractivity contribution is 7.91. The van der Waals surface area contributed by atoms with Crippen LogP contribution in [0.25, 0.3) is 0 Å². The predicted octanol–water partition coefficient (Wildman–Crippen LogP) is 2.32. The highest BCUT2D eigenvalue weighted by Crippen LogP contribution is 2.31. The quantitative estimate of drug-likeness (QED) is 0.759. The molecule has 7 nitrogen and oxygen atoms in total. The molecule has 0 unspecified atom stereocenters. The molecule has 0 spiro atoms. The summed E-state index contributed by atoms with van der Waals surface area (Å²) in [5.74, 6) is -1.46. The van der Waals surface area contributed by atoms with E-state index in [4.69, 9.17) is 11.6 Å². The minimum absolute atomic E-state index is 0.0423. The van der Waals surface area contributed by atoms with Crippen molar-refractivity contribution in [1.82, 2.24) is 4.90 Å². The fourth-order valence-corrected chi connectivity index (χ4v) is 5.12. The van der Waals surface area contributed by atoms with Crippen molar-refractivity contribution in [2.24, 2.45) is 0 Å². The van der Waals surface area contributed by atoms with Crippen LogP contribution in [0.5, 0.6) is 0 Å². The maximum absolute atomic E-state index is 12.8. The molecule has 0 atom stereocenters. The van der Waals surface area contributed by atoms with E-state index in [2.05, 4.69) is 5.32 Å². The molecular weight excluding hydrogens is 400 g/mol. The Labute approximate surface area is 158 Å². The fourth-order valence-electron chi connectivity index (χ4n) is 2.46. The second-order valence-electron chi connectivity index (χ2n) is 5.53. The maximum atomic E-state index is 12.8. The van der Waals surface area contributed by atoms with E-state index >= 15 is 0 Å². The summed E-state index contributed by atoms with van der Waals surface area (Å²) >= 11 is 6.89. The van der Waals surface area contributed by atoms with Gasteiger partial charge in [0.2, 0.25) is 27.6 Å². The summed E-state index contributed by atoms with van der Waals surface area (Å²) in [7, 11) is -3.85. The van der Waals surface area contributed by atoms with Crippen molar-refractivity contribution >= 4 is 56.2 Å². The molecule has 1 aliphatic heterocycles. The number of hydrogen-bond acceptors (Lipinski definition) is 6. The number of carbonyl (C=O) groups is 3. The van der Waals surface area contributed by atoms with E-state index in [1.165, 1.54) is 35.0 Å². The van der Waals surface area contributed by atoms with Crippen LogP contribution in [-0.2, 0) is 24.2 Å². The molecule has 2 aromatic rings. The lowest BCUT2D eigenvalue weighted by Crippen LogP contribution is -2.37. The van der Waals surface area contributed by atoms with Gasteiger partial charge in [-0.05, 0) is 24.3 Å². The van der Waals surface area contributed by atoms with Gasteiger partial charge in [0.1, 0.15) is 11.4 Å². The van der Waals surface area contributed by atoms with Crippen molar-refractivity contribution in [2.75, 3.05) is 11.9 Å². The maximum Gasteiger partial charge on any atom is 0.244 e. The van der Waals surface area contributed by atoms with Gasteiger partial charge in [0.25, 0.3) is 0 Å². The van der Waals surface area contributed by atoms with Crippen LogP contribution in [0, 0.1) is 0 Å². The number of amides is 3. The number of nitrogens with one attached hydrogen (secondary N) is 1. The Balaban J connectivity index is 1.80. The smallest absolute Gasteiger partial charge is 0.244 e. The monoisotopic (exact) mass is 412 g/mol. The Morgan fingerprint density at radius 3 is 2.35 bits per heavy atom. The van der Waals surface area contributed by atoms with Crippen molar-refractivity contribution in [2.45, 2.75) is 22.6 Å². The standard InChI is InChI=1S/C16H13ClN2O5S2/c17-10-1-3-11(4-2-10)26(23,24)13-9-25-8-12(13)18-14(20)7-19-15(21)5-6-16(19)22/h1-4,8-9H,5-7H2,(H,18,20). The number of rotatable bonds is 5. The number of anilines is 1. The van der Waals surface area contributed by atoms with E-state index in [0.29, 0.717) is 5.02 Å². The van der Waals surface area contributed by atoms with E-state index in [9.17, 15) is 22.8 Å². The van der Waals surface area contributed by atoms with E-state index in [-0.39, 0.29) is 28.3 Å². The van der Waals surface area contributed by atoms with Gasteiger partial charge in [0.05, 0.1) is 10.6 Å². The van der Waals surface area contributed by atoms with Gasteiger partial charge in [-0.25, -0.2) is 8.42 Å². The minimum Gasteiger partial charge on any atom is -0.323 e. The van der Waals surface area contributed by atoms with Crippen LogP contribution < -0.4 is 5.32 Å². The molecular formula is C16H13ClN2O5S2. The van der Waals surface area contributed by atoms with Crippen LogP contribution in [0.1, 0.15) is 12.8 Å². The van der Waals surface area contributed by atoms with E-state index in [0.717, 1.165) is 16.2 Å². The fraction of sp³-hybridized carbons (Fsp3) is 0.188. The van der Waals surface area contributed by atoms with Crippen molar-refractivity contribution < 1.29 is 22.8 Å². The van der Waals surface area contributed by atoms with Gasteiger partial charge in [0, 0.05) is 28.6 Å². The molecule has 1 aliphatic rings. The van der Waals surface area contributed by atoms with E-state index in [1.54, 1.807) is 0 Å². The Hall–Kier alpha value is -2.23. The molecule has 10 heteroatoms. The van der Waals surface area contributed by atoms with Gasteiger partial charge in [-0.15, -0.1) is 11.3 Å². The molecule has 3 rings (SSSR count). The molecule has 0 bridgehead atoms. The molecule has 1 saturated heterocycles. The van der Waals surface area contributed by atoms with Gasteiger partial charge >= 0.3 is 0 Å². The van der Waals surface area contributed by atoms with Gasteiger partial charge in [0.15, 0.2) is 0 Å². The Kier molecular flexibility index (Phi) is 5.12. The number of nitrogens with zero attached hydrogens (tertiary/aromatic N) is 1. The number of likely N-dealkylation sites (tertiary alicyclic amines) is 1. The lowest BCUT2D eigenvalue weighted by Gasteiger charge is -2.14. The van der Waals surface area contributed by atoms with Crippen molar-refractivity contribution in [1.29, 1.82) is 0 Å². The number of sulfone groups is 1. The Morgan fingerprint density at radius 2 is 1.73 bits per heavy atom.